The van der Waals surface area contributed by atoms with E-state index >= 15 is 0 Å². The number of rotatable bonds is 6. The predicted molar refractivity (Wildman–Crippen MR) is 69.1 cm³/mol. The van der Waals surface area contributed by atoms with Crippen LogP contribution in [0.4, 0.5) is 0 Å². The van der Waals surface area contributed by atoms with Crippen molar-refractivity contribution in [2.24, 2.45) is 5.41 Å². The van der Waals surface area contributed by atoms with Gasteiger partial charge in [0.1, 0.15) is 5.76 Å². The summed E-state index contributed by atoms with van der Waals surface area (Å²) in [6.07, 6.45) is 3.35. The molecule has 1 heterocycles. The molecule has 1 unspecified atom stereocenters. The van der Waals surface area contributed by atoms with Gasteiger partial charge in [-0.3, -0.25) is 4.79 Å². The van der Waals surface area contributed by atoms with Crippen molar-refractivity contribution in [3.8, 4) is 0 Å². The zero-order valence-corrected chi connectivity index (χ0v) is 11.4. The Labute approximate surface area is 108 Å². The molecule has 17 heavy (non-hydrogen) atoms. The Hall–Kier alpha value is -0.960. The number of hydrogen-bond acceptors (Lipinski definition) is 2. The van der Waals surface area contributed by atoms with Gasteiger partial charge < -0.3 is 9.73 Å². The lowest BCUT2D eigenvalue weighted by Gasteiger charge is -2.23. The molecule has 1 aromatic rings. The minimum atomic E-state index is -0.513. The molecule has 0 aliphatic carbocycles. The molecule has 0 saturated heterocycles. The fourth-order valence-corrected chi connectivity index (χ4v) is 1.49. The summed E-state index contributed by atoms with van der Waals surface area (Å²) < 4.78 is 5.24. The largest absolute Gasteiger partial charge is 0.469 e. The third kappa shape index (κ3) is 4.43. The van der Waals surface area contributed by atoms with E-state index in [1.54, 1.807) is 6.26 Å². The first-order valence-electron chi connectivity index (χ1n) is 5.85. The van der Waals surface area contributed by atoms with E-state index in [-0.39, 0.29) is 11.9 Å². The molecule has 0 spiro atoms. The van der Waals surface area contributed by atoms with Crippen molar-refractivity contribution in [1.29, 1.82) is 0 Å². The van der Waals surface area contributed by atoms with Gasteiger partial charge in [-0.1, -0.05) is 0 Å². The van der Waals surface area contributed by atoms with Crippen molar-refractivity contribution < 1.29 is 9.21 Å². The molecule has 1 N–H and O–H groups in total. The van der Waals surface area contributed by atoms with Crippen LogP contribution in [0, 0.1) is 5.41 Å². The lowest BCUT2D eigenvalue weighted by atomic mass is 9.94. The molecule has 0 saturated carbocycles. The molecule has 0 aliphatic heterocycles. The zero-order chi connectivity index (χ0) is 12.9. The van der Waals surface area contributed by atoms with Gasteiger partial charge in [-0.25, -0.2) is 0 Å². The maximum atomic E-state index is 11.8. The molecule has 0 aromatic carbocycles. The molecule has 0 aliphatic rings. The van der Waals surface area contributed by atoms with Gasteiger partial charge in [-0.2, -0.15) is 0 Å². The van der Waals surface area contributed by atoms with Crippen LogP contribution in [0.2, 0.25) is 0 Å². The maximum Gasteiger partial charge on any atom is 0.227 e. The third-order valence-corrected chi connectivity index (χ3v) is 3.40. The Bertz CT molecular complexity index is 346. The Kier molecular flexibility index (Phi) is 5.06. The minimum Gasteiger partial charge on any atom is -0.469 e. The normalized spacial score (nSPS) is 13.4. The summed E-state index contributed by atoms with van der Waals surface area (Å²) in [6, 6.07) is 3.93. The summed E-state index contributed by atoms with van der Waals surface area (Å²) in [5.41, 5.74) is -0.513. The molecule has 1 atom stereocenters. The first kappa shape index (κ1) is 14.1. The van der Waals surface area contributed by atoms with E-state index in [2.05, 4.69) is 5.32 Å². The van der Waals surface area contributed by atoms with Crippen molar-refractivity contribution in [3.63, 3.8) is 0 Å². The second kappa shape index (κ2) is 6.10. The smallest absolute Gasteiger partial charge is 0.227 e. The van der Waals surface area contributed by atoms with Crippen LogP contribution in [0.5, 0.6) is 0 Å². The average molecular weight is 258 g/mol. The molecule has 3 nitrogen and oxygen atoms in total. The Balaban J connectivity index is 2.34. The van der Waals surface area contributed by atoms with E-state index in [0.717, 1.165) is 18.6 Å². The number of carbonyl (C=O) groups is 1. The number of carbonyl (C=O) groups excluding carboxylic acids is 1. The van der Waals surface area contributed by atoms with Gasteiger partial charge in [0.2, 0.25) is 5.91 Å². The molecular formula is C13H20ClNO2. The van der Waals surface area contributed by atoms with Crippen LogP contribution in [-0.2, 0) is 11.2 Å². The quantitative estimate of drug-likeness (QED) is 0.796. The van der Waals surface area contributed by atoms with Crippen LogP contribution in [0.1, 0.15) is 33.0 Å². The first-order valence-corrected chi connectivity index (χ1v) is 6.38. The van der Waals surface area contributed by atoms with E-state index in [1.165, 1.54) is 0 Å². The van der Waals surface area contributed by atoms with Crippen molar-refractivity contribution in [3.05, 3.63) is 24.2 Å². The molecule has 0 radical (unpaired) electrons. The monoisotopic (exact) mass is 257 g/mol. The molecule has 4 heteroatoms. The van der Waals surface area contributed by atoms with E-state index in [4.69, 9.17) is 16.0 Å². The second-order valence-corrected chi connectivity index (χ2v) is 5.28. The highest BCUT2D eigenvalue weighted by Crippen LogP contribution is 2.17. The van der Waals surface area contributed by atoms with E-state index < -0.39 is 5.41 Å². The van der Waals surface area contributed by atoms with Gasteiger partial charge in [-0.15, -0.1) is 11.6 Å². The third-order valence-electron chi connectivity index (χ3n) is 2.73. The van der Waals surface area contributed by atoms with Gasteiger partial charge in [0.25, 0.3) is 0 Å². The maximum absolute atomic E-state index is 11.8. The highest BCUT2D eigenvalue weighted by atomic mass is 35.5. The van der Waals surface area contributed by atoms with Crippen LogP contribution >= 0.6 is 11.6 Å². The molecular weight excluding hydrogens is 238 g/mol. The van der Waals surface area contributed by atoms with Crippen molar-refractivity contribution in [2.45, 2.75) is 39.7 Å². The van der Waals surface area contributed by atoms with Crippen LogP contribution in [0.15, 0.2) is 22.8 Å². The van der Waals surface area contributed by atoms with Crippen molar-refractivity contribution >= 4 is 17.5 Å². The van der Waals surface area contributed by atoms with Gasteiger partial charge in [0, 0.05) is 18.3 Å². The number of alkyl halides is 1. The summed E-state index contributed by atoms with van der Waals surface area (Å²) in [6.45, 7) is 5.67. The van der Waals surface area contributed by atoms with Crippen LogP contribution in [0.3, 0.4) is 0 Å². The highest BCUT2D eigenvalue weighted by molar-refractivity contribution is 6.19. The fourth-order valence-electron chi connectivity index (χ4n) is 1.37. The summed E-state index contributed by atoms with van der Waals surface area (Å²) in [5, 5.41) is 2.97. The predicted octanol–water partition coefficient (Wildman–Crippen LogP) is 2.98. The Morgan fingerprint density at radius 2 is 2.29 bits per heavy atom. The highest BCUT2D eigenvalue weighted by Gasteiger charge is 2.27. The van der Waals surface area contributed by atoms with E-state index in [0.29, 0.717) is 5.88 Å². The summed E-state index contributed by atoms with van der Waals surface area (Å²) >= 11 is 5.75. The lowest BCUT2D eigenvalue weighted by Crippen LogP contribution is -2.42. The molecule has 1 amide bonds. The molecule has 1 rings (SSSR count). The SMILES string of the molecule is CC(CCc1ccco1)NC(=O)C(C)(C)CCl. The summed E-state index contributed by atoms with van der Waals surface area (Å²) in [4.78, 5) is 11.8. The Morgan fingerprint density at radius 1 is 1.59 bits per heavy atom. The second-order valence-electron chi connectivity index (χ2n) is 5.01. The van der Waals surface area contributed by atoms with Crippen LogP contribution in [-0.4, -0.2) is 17.8 Å². The summed E-state index contributed by atoms with van der Waals surface area (Å²) in [5.74, 6) is 1.27. The fraction of sp³-hybridized carbons (Fsp3) is 0.615. The van der Waals surface area contributed by atoms with Gasteiger partial charge in [0.15, 0.2) is 0 Å². The number of amides is 1. The molecule has 1 aromatic heterocycles. The van der Waals surface area contributed by atoms with Crippen molar-refractivity contribution in [2.75, 3.05) is 5.88 Å². The standard InChI is InChI=1S/C13H20ClNO2/c1-10(6-7-11-5-4-8-17-11)15-12(16)13(2,3)9-14/h4-5,8,10H,6-7,9H2,1-3H3,(H,15,16). The number of hydrogen-bond donors (Lipinski definition) is 1. The van der Waals surface area contributed by atoms with E-state index in [1.807, 2.05) is 32.9 Å². The number of halogens is 1. The summed E-state index contributed by atoms with van der Waals surface area (Å²) in [7, 11) is 0. The first-order chi connectivity index (χ1) is 7.95. The van der Waals surface area contributed by atoms with Crippen LogP contribution < -0.4 is 5.32 Å². The number of nitrogens with one attached hydrogen (secondary N) is 1. The Morgan fingerprint density at radius 3 is 2.82 bits per heavy atom. The average Bonchev–Trinajstić information content (AvgIpc) is 2.79. The molecule has 0 bridgehead atoms. The van der Waals surface area contributed by atoms with Crippen molar-refractivity contribution in [1.82, 2.24) is 5.32 Å². The topological polar surface area (TPSA) is 42.2 Å². The van der Waals surface area contributed by atoms with Gasteiger partial charge >= 0.3 is 0 Å². The van der Waals surface area contributed by atoms with Gasteiger partial charge in [0.05, 0.1) is 11.7 Å². The molecule has 0 fully saturated rings. The van der Waals surface area contributed by atoms with Gasteiger partial charge in [-0.05, 0) is 39.3 Å². The number of furan rings is 1. The minimum absolute atomic E-state index is 0.000514. The zero-order valence-electron chi connectivity index (χ0n) is 10.6. The van der Waals surface area contributed by atoms with E-state index in [9.17, 15) is 4.79 Å². The van der Waals surface area contributed by atoms with Crippen LogP contribution in [0.25, 0.3) is 0 Å². The lowest BCUT2D eigenvalue weighted by molar-refractivity contribution is -0.129. The molecule has 96 valence electrons. The number of aryl methyl sites for hydroxylation is 1.